The van der Waals surface area contributed by atoms with Crippen molar-refractivity contribution in [2.45, 2.75) is 25.8 Å². The number of rotatable bonds is 6. The molecule has 1 aliphatic rings. The number of fused-ring (bicyclic) bond motifs is 1. The van der Waals surface area contributed by atoms with Gasteiger partial charge in [0.05, 0.1) is 17.0 Å². The van der Waals surface area contributed by atoms with E-state index in [9.17, 15) is 9.90 Å². The molecule has 1 aromatic heterocycles. The van der Waals surface area contributed by atoms with Crippen LogP contribution in [0.1, 0.15) is 46.3 Å². The van der Waals surface area contributed by atoms with Crippen LogP contribution < -0.4 is 0 Å². The predicted octanol–water partition coefficient (Wildman–Crippen LogP) is 6.15. The summed E-state index contributed by atoms with van der Waals surface area (Å²) >= 11 is 0. The highest BCUT2D eigenvalue weighted by atomic mass is 35.5. The van der Waals surface area contributed by atoms with Gasteiger partial charge < -0.3 is 15.0 Å². The van der Waals surface area contributed by atoms with Gasteiger partial charge in [0.2, 0.25) is 0 Å². The number of carbonyl (C=O) groups is 1. The quantitative estimate of drug-likeness (QED) is 0.302. The second kappa shape index (κ2) is 11.6. The van der Waals surface area contributed by atoms with E-state index in [1.807, 2.05) is 48.5 Å². The second-order valence-corrected chi connectivity index (χ2v) is 9.64. The third-order valence-electron chi connectivity index (χ3n) is 6.75. The van der Waals surface area contributed by atoms with E-state index in [-0.39, 0.29) is 24.2 Å². The molecule has 192 valence electrons. The van der Waals surface area contributed by atoms with E-state index in [1.165, 1.54) is 42.8 Å². The van der Waals surface area contributed by atoms with Gasteiger partial charge in [-0.25, -0.2) is 4.99 Å². The monoisotopic (exact) mass is 516 g/mol. The minimum Gasteiger partial charge on any atom is -0.494 e. The molecule has 5 rings (SSSR count). The fourth-order valence-electron chi connectivity index (χ4n) is 4.86. The van der Waals surface area contributed by atoms with E-state index in [0.29, 0.717) is 22.4 Å². The molecule has 1 amide bonds. The van der Waals surface area contributed by atoms with Crippen LogP contribution in [0, 0.1) is 0 Å². The maximum atomic E-state index is 12.5. The number of aromatic hydroxyl groups is 1. The smallest absolute Gasteiger partial charge is 0.253 e. The summed E-state index contributed by atoms with van der Waals surface area (Å²) in [6.45, 7) is 3.30. The number of likely N-dealkylation sites (tertiary alicyclic amines) is 1. The zero-order valence-corrected chi connectivity index (χ0v) is 22.1. The minimum atomic E-state index is -0.0888. The van der Waals surface area contributed by atoms with Gasteiger partial charge in [0.1, 0.15) is 0 Å². The Bertz CT molecular complexity index is 1390. The number of carbonyl (C=O) groups excluding carboxylic acids is 1. The van der Waals surface area contributed by atoms with Crippen molar-refractivity contribution in [2.24, 2.45) is 4.99 Å². The van der Waals surface area contributed by atoms with E-state index >= 15 is 0 Å². The summed E-state index contributed by atoms with van der Waals surface area (Å²) in [7, 11) is 3.45. The van der Waals surface area contributed by atoms with Crippen molar-refractivity contribution in [3.8, 4) is 5.88 Å². The number of aliphatic imine (C=N–C) groups is 1. The van der Waals surface area contributed by atoms with Crippen molar-refractivity contribution in [1.82, 2.24) is 14.8 Å². The molecule has 0 unspecified atom stereocenters. The molecule has 4 aromatic rings. The lowest BCUT2D eigenvalue weighted by Gasteiger charge is -2.26. The standard InChI is InChI=1S/C30H32N4O2.ClH/c1-33(2)30(36)23-13-16-25-26(19-23)32-29(35)27(25)28(22-9-5-3-6-10-22)31-24-14-11-21(12-15-24)20-34-17-7-4-8-18-34;/h3,5-6,9-16,19,32,35H,4,7-8,17-18,20H2,1-2H3;1H. The molecule has 6 nitrogen and oxygen atoms in total. The van der Waals surface area contributed by atoms with Gasteiger partial charge in [0, 0.05) is 42.7 Å². The number of amides is 1. The second-order valence-electron chi connectivity index (χ2n) is 9.64. The van der Waals surface area contributed by atoms with Crippen molar-refractivity contribution >= 4 is 40.6 Å². The first-order chi connectivity index (χ1) is 17.5. The Morgan fingerprint density at radius 3 is 2.32 bits per heavy atom. The molecular formula is C30H33ClN4O2. The van der Waals surface area contributed by atoms with E-state index in [1.54, 1.807) is 26.2 Å². The molecule has 1 saturated heterocycles. The maximum Gasteiger partial charge on any atom is 0.253 e. The first-order valence-electron chi connectivity index (χ1n) is 12.5. The van der Waals surface area contributed by atoms with Crippen molar-refractivity contribution in [1.29, 1.82) is 0 Å². The molecule has 3 aromatic carbocycles. The Morgan fingerprint density at radius 1 is 0.946 bits per heavy atom. The molecule has 0 atom stereocenters. The molecular weight excluding hydrogens is 484 g/mol. The molecule has 0 spiro atoms. The summed E-state index contributed by atoms with van der Waals surface area (Å²) in [6, 6.07) is 23.7. The zero-order valence-electron chi connectivity index (χ0n) is 21.3. The Hall–Kier alpha value is -3.61. The molecule has 0 saturated carbocycles. The molecule has 1 aliphatic heterocycles. The molecule has 7 heteroatoms. The minimum absolute atomic E-state index is 0. The number of H-pyrrole nitrogens is 1. The van der Waals surface area contributed by atoms with Gasteiger partial charge in [-0.2, -0.15) is 0 Å². The van der Waals surface area contributed by atoms with Crippen LogP contribution in [0.2, 0.25) is 0 Å². The normalized spacial score (nSPS) is 14.4. The fraction of sp³-hybridized carbons (Fsp3) is 0.267. The Balaban J connectivity index is 0.00000320. The first-order valence-corrected chi connectivity index (χ1v) is 12.5. The summed E-state index contributed by atoms with van der Waals surface area (Å²) < 4.78 is 0. The highest BCUT2D eigenvalue weighted by molar-refractivity contribution is 6.22. The number of benzene rings is 3. The van der Waals surface area contributed by atoms with Crippen molar-refractivity contribution in [3.63, 3.8) is 0 Å². The number of hydrogen-bond donors (Lipinski definition) is 2. The average molecular weight is 517 g/mol. The van der Waals surface area contributed by atoms with Gasteiger partial charge in [0.15, 0.2) is 5.88 Å². The number of hydrogen-bond acceptors (Lipinski definition) is 4. The lowest BCUT2D eigenvalue weighted by Crippen LogP contribution is -2.28. The Kier molecular flexibility index (Phi) is 8.31. The summed E-state index contributed by atoms with van der Waals surface area (Å²) in [6.07, 6.45) is 3.89. The average Bonchev–Trinajstić information content (AvgIpc) is 3.23. The predicted molar refractivity (Wildman–Crippen MR) is 153 cm³/mol. The maximum absolute atomic E-state index is 12.5. The topological polar surface area (TPSA) is 71.9 Å². The largest absolute Gasteiger partial charge is 0.494 e. The van der Waals surface area contributed by atoms with E-state index in [0.717, 1.165) is 23.2 Å². The van der Waals surface area contributed by atoms with Gasteiger partial charge in [-0.1, -0.05) is 55.0 Å². The SMILES string of the molecule is CN(C)C(=O)c1ccc2c(C(=Nc3ccc(CN4CCCCC4)cc3)c3ccccc3)c(O)[nH]c2c1.Cl. The lowest BCUT2D eigenvalue weighted by molar-refractivity contribution is 0.0827. The highest BCUT2D eigenvalue weighted by Crippen LogP contribution is 2.32. The van der Waals surface area contributed by atoms with Crippen LogP contribution in [-0.4, -0.2) is 58.7 Å². The molecule has 0 radical (unpaired) electrons. The molecule has 0 bridgehead atoms. The van der Waals surface area contributed by atoms with Crippen LogP contribution >= 0.6 is 12.4 Å². The van der Waals surface area contributed by atoms with Gasteiger partial charge in [-0.05, 0) is 55.8 Å². The van der Waals surface area contributed by atoms with E-state index in [2.05, 4.69) is 22.0 Å². The van der Waals surface area contributed by atoms with E-state index < -0.39 is 0 Å². The van der Waals surface area contributed by atoms with Crippen LogP contribution in [0.3, 0.4) is 0 Å². The van der Waals surface area contributed by atoms with Crippen LogP contribution in [-0.2, 0) is 6.54 Å². The number of piperidine rings is 1. The molecule has 2 N–H and O–H groups in total. The van der Waals surface area contributed by atoms with Gasteiger partial charge in [0.25, 0.3) is 5.91 Å². The van der Waals surface area contributed by atoms with Crippen molar-refractivity contribution in [2.75, 3.05) is 27.2 Å². The third kappa shape index (κ3) is 5.87. The Morgan fingerprint density at radius 2 is 1.65 bits per heavy atom. The van der Waals surface area contributed by atoms with E-state index in [4.69, 9.17) is 4.99 Å². The lowest BCUT2D eigenvalue weighted by atomic mass is 10.00. The highest BCUT2D eigenvalue weighted by Gasteiger charge is 2.20. The Labute approximate surface area is 224 Å². The van der Waals surface area contributed by atoms with Gasteiger partial charge in [-0.3, -0.25) is 9.69 Å². The number of aromatic amines is 1. The van der Waals surface area contributed by atoms with Crippen LogP contribution in [0.5, 0.6) is 5.88 Å². The van der Waals surface area contributed by atoms with Crippen LogP contribution in [0.25, 0.3) is 10.9 Å². The third-order valence-corrected chi connectivity index (χ3v) is 6.75. The molecule has 2 heterocycles. The number of aromatic nitrogens is 1. The number of nitrogens with zero attached hydrogens (tertiary/aromatic N) is 3. The summed E-state index contributed by atoms with van der Waals surface area (Å²) in [5, 5.41) is 11.8. The molecule has 37 heavy (non-hydrogen) atoms. The van der Waals surface area contributed by atoms with Crippen molar-refractivity contribution < 1.29 is 9.90 Å². The summed E-state index contributed by atoms with van der Waals surface area (Å²) in [5.41, 5.74) is 5.56. The van der Waals surface area contributed by atoms with Gasteiger partial charge in [-0.15, -0.1) is 12.4 Å². The molecule has 1 fully saturated rings. The summed E-state index contributed by atoms with van der Waals surface area (Å²) in [4.78, 5) is 24.6. The number of nitrogens with one attached hydrogen (secondary N) is 1. The van der Waals surface area contributed by atoms with Crippen LogP contribution in [0.4, 0.5) is 5.69 Å². The first kappa shape index (κ1) is 26.5. The fourth-order valence-corrected chi connectivity index (χ4v) is 4.86. The van der Waals surface area contributed by atoms with Gasteiger partial charge >= 0.3 is 0 Å². The van der Waals surface area contributed by atoms with Crippen molar-refractivity contribution in [3.05, 3.63) is 95.1 Å². The summed E-state index contributed by atoms with van der Waals surface area (Å²) in [5.74, 6) is -0.0575. The zero-order chi connectivity index (χ0) is 25.1. The number of halogens is 1. The molecule has 0 aliphatic carbocycles. The van der Waals surface area contributed by atoms with Crippen LogP contribution in [0.15, 0.2) is 77.8 Å².